The highest BCUT2D eigenvalue weighted by atomic mass is 127. The molecule has 0 saturated heterocycles. The van der Waals surface area contributed by atoms with E-state index in [-0.39, 0.29) is 24.0 Å². The number of rotatable bonds is 7. The number of guanidine groups is 1. The molecule has 2 heterocycles. The van der Waals surface area contributed by atoms with Crippen molar-refractivity contribution in [3.8, 4) is 11.5 Å². The SMILES string of the molecule is CN=C(NCCc1ccc2c(c1)OCO2)NCCc1csc(C(C)C)n1.I. The van der Waals surface area contributed by atoms with Crippen molar-refractivity contribution in [2.24, 2.45) is 4.99 Å². The number of halogens is 1. The van der Waals surface area contributed by atoms with Crippen LogP contribution in [-0.4, -0.2) is 37.9 Å². The molecule has 1 aliphatic heterocycles. The number of nitrogens with one attached hydrogen (secondary N) is 2. The van der Waals surface area contributed by atoms with Gasteiger partial charge in [0.05, 0.1) is 10.7 Å². The van der Waals surface area contributed by atoms with Crippen molar-refractivity contribution in [3.63, 3.8) is 0 Å². The van der Waals surface area contributed by atoms with E-state index in [0.29, 0.717) is 12.7 Å². The van der Waals surface area contributed by atoms with Crippen molar-refractivity contribution in [3.05, 3.63) is 39.8 Å². The Morgan fingerprint density at radius 1 is 1.19 bits per heavy atom. The Hall–Kier alpha value is -1.55. The molecule has 6 nitrogen and oxygen atoms in total. The third-order valence-electron chi connectivity index (χ3n) is 4.10. The Morgan fingerprint density at radius 3 is 2.63 bits per heavy atom. The molecular formula is C19H27IN4O2S. The normalized spacial score (nSPS) is 12.8. The van der Waals surface area contributed by atoms with E-state index < -0.39 is 0 Å². The number of aromatic nitrogens is 1. The highest BCUT2D eigenvalue weighted by Gasteiger charge is 2.13. The zero-order valence-corrected chi connectivity index (χ0v) is 19.1. The molecular weight excluding hydrogens is 475 g/mol. The van der Waals surface area contributed by atoms with Crippen LogP contribution in [0.25, 0.3) is 0 Å². The Kier molecular flexibility index (Phi) is 8.62. The third-order valence-corrected chi connectivity index (χ3v) is 5.30. The van der Waals surface area contributed by atoms with Gasteiger partial charge >= 0.3 is 0 Å². The first-order chi connectivity index (χ1) is 12.7. The van der Waals surface area contributed by atoms with E-state index in [1.54, 1.807) is 18.4 Å². The van der Waals surface area contributed by atoms with E-state index in [4.69, 9.17) is 9.47 Å². The first-order valence-electron chi connectivity index (χ1n) is 8.93. The van der Waals surface area contributed by atoms with Gasteiger partial charge in [-0.1, -0.05) is 19.9 Å². The summed E-state index contributed by atoms with van der Waals surface area (Å²) < 4.78 is 10.8. The van der Waals surface area contributed by atoms with Gasteiger partial charge in [0.25, 0.3) is 0 Å². The van der Waals surface area contributed by atoms with E-state index in [2.05, 4.69) is 45.9 Å². The molecule has 0 unspecified atom stereocenters. The third kappa shape index (κ3) is 6.24. The maximum atomic E-state index is 5.42. The summed E-state index contributed by atoms with van der Waals surface area (Å²) in [5.74, 6) is 2.95. The number of fused-ring (bicyclic) bond motifs is 1. The van der Waals surface area contributed by atoms with Crippen LogP contribution in [0, 0.1) is 0 Å². The van der Waals surface area contributed by atoms with Gasteiger partial charge in [0.15, 0.2) is 17.5 Å². The smallest absolute Gasteiger partial charge is 0.231 e. The monoisotopic (exact) mass is 502 g/mol. The lowest BCUT2D eigenvalue weighted by Crippen LogP contribution is -2.39. The molecule has 1 aromatic carbocycles. The van der Waals surface area contributed by atoms with Gasteiger partial charge in [-0.25, -0.2) is 4.98 Å². The number of aliphatic imine (C=N–C) groups is 1. The van der Waals surface area contributed by atoms with Gasteiger partial charge in [0.2, 0.25) is 6.79 Å². The van der Waals surface area contributed by atoms with Crippen molar-refractivity contribution in [1.82, 2.24) is 15.6 Å². The van der Waals surface area contributed by atoms with Gasteiger partial charge < -0.3 is 20.1 Å². The van der Waals surface area contributed by atoms with E-state index in [9.17, 15) is 0 Å². The fraction of sp³-hybridized carbons (Fsp3) is 0.474. The van der Waals surface area contributed by atoms with Gasteiger partial charge in [0, 0.05) is 37.9 Å². The van der Waals surface area contributed by atoms with Gasteiger partial charge in [-0.3, -0.25) is 4.99 Å². The van der Waals surface area contributed by atoms with Crippen LogP contribution in [0.15, 0.2) is 28.6 Å². The average molecular weight is 502 g/mol. The highest BCUT2D eigenvalue weighted by molar-refractivity contribution is 14.0. The summed E-state index contributed by atoms with van der Waals surface area (Å²) in [6.07, 6.45) is 1.78. The molecule has 0 atom stereocenters. The Bertz CT molecular complexity index is 764. The zero-order valence-electron chi connectivity index (χ0n) is 15.9. The average Bonchev–Trinajstić information content (AvgIpc) is 3.29. The molecule has 0 bridgehead atoms. The van der Waals surface area contributed by atoms with Crippen LogP contribution in [0.5, 0.6) is 11.5 Å². The predicted molar refractivity (Wildman–Crippen MR) is 121 cm³/mol. The first kappa shape index (κ1) is 21.7. The second-order valence-corrected chi connectivity index (χ2v) is 7.33. The van der Waals surface area contributed by atoms with Crippen molar-refractivity contribution in [1.29, 1.82) is 0 Å². The molecule has 0 amide bonds. The van der Waals surface area contributed by atoms with Crippen LogP contribution in [0.1, 0.15) is 36.0 Å². The summed E-state index contributed by atoms with van der Waals surface area (Å²) in [5.41, 5.74) is 2.35. The Labute approximate surface area is 181 Å². The lowest BCUT2D eigenvalue weighted by atomic mass is 10.1. The van der Waals surface area contributed by atoms with E-state index in [1.165, 1.54) is 10.6 Å². The maximum Gasteiger partial charge on any atom is 0.231 e. The molecule has 1 aliphatic rings. The fourth-order valence-corrected chi connectivity index (χ4v) is 3.52. The topological polar surface area (TPSA) is 67.8 Å². The highest BCUT2D eigenvalue weighted by Crippen LogP contribution is 2.32. The van der Waals surface area contributed by atoms with Gasteiger partial charge in [-0.15, -0.1) is 35.3 Å². The zero-order chi connectivity index (χ0) is 18.4. The van der Waals surface area contributed by atoms with E-state index in [1.807, 2.05) is 12.1 Å². The first-order valence-corrected chi connectivity index (χ1v) is 9.81. The van der Waals surface area contributed by atoms with E-state index >= 15 is 0 Å². The predicted octanol–water partition coefficient (Wildman–Crippen LogP) is 3.56. The largest absolute Gasteiger partial charge is 0.454 e. The molecule has 0 radical (unpaired) electrons. The molecule has 3 rings (SSSR count). The minimum absolute atomic E-state index is 0. The number of ether oxygens (including phenoxy) is 2. The van der Waals surface area contributed by atoms with Gasteiger partial charge in [0.1, 0.15) is 0 Å². The molecule has 0 spiro atoms. The number of benzene rings is 1. The lowest BCUT2D eigenvalue weighted by Gasteiger charge is -2.11. The number of hydrogen-bond donors (Lipinski definition) is 2. The minimum atomic E-state index is 0. The van der Waals surface area contributed by atoms with Gasteiger partial charge in [-0.05, 0) is 24.1 Å². The second kappa shape index (κ2) is 10.7. The van der Waals surface area contributed by atoms with Crippen LogP contribution < -0.4 is 20.1 Å². The fourth-order valence-electron chi connectivity index (χ4n) is 2.65. The maximum absolute atomic E-state index is 5.42. The molecule has 27 heavy (non-hydrogen) atoms. The van der Waals surface area contributed by atoms with Crippen LogP contribution >= 0.6 is 35.3 Å². The van der Waals surface area contributed by atoms with Gasteiger partial charge in [-0.2, -0.15) is 0 Å². The van der Waals surface area contributed by atoms with Crippen molar-refractivity contribution < 1.29 is 9.47 Å². The summed E-state index contributed by atoms with van der Waals surface area (Å²) in [6.45, 7) is 6.27. The van der Waals surface area contributed by atoms with Crippen molar-refractivity contribution in [2.75, 3.05) is 26.9 Å². The quantitative estimate of drug-likeness (QED) is 0.345. The molecule has 2 aromatic rings. The Balaban J connectivity index is 0.00000261. The van der Waals surface area contributed by atoms with Crippen molar-refractivity contribution >= 4 is 41.3 Å². The standard InChI is InChI=1S/C19H26N4O2S.HI/c1-13(2)18-23-15(11-26-18)7-9-22-19(20-3)21-8-6-14-4-5-16-17(10-14)25-12-24-16;/h4-5,10-11,13H,6-9,12H2,1-3H3,(H2,20,21,22);1H. The molecule has 0 aliphatic carbocycles. The molecule has 0 fully saturated rings. The summed E-state index contributed by atoms with van der Waals surface area (Å²) in [4.78, 5) is 8.93. The van der Waals surface area contributed by atoms with Crippen LogP contribution in [0.4, 0.5) is 0 Å². The summed E-state index contributed by atoms with van der Waals surface area (Å²) in [6, 6.07) is 6.07. The summed E-state index contributed by atoms with van der Waals surface area (Å²) >= 11 is 1.74. The van der Waals surface area contributed by atoms with Crippen LogP contribution in [-0.2, 0) is 12.8 Å². The summed E-state index contributed by atoms with van der Waals surface area (Å²) in [5, 5.41) is 10.0. The Morgan fingerprint density at radius 2 is 1.93 bits per heavy atom. The number of thiazole rings is 1. The lowest BCUT2D eigenvalue weighted by molar-refractivity contribution is 0.174. The molecule has 2 N–H and O–H groups in total. The van der Waals surface area contributed by atoms with Crippen LogP contribution in [0.2, 0.25) is 0 Å². The van der Waals surface area contributed by atoms with Crippen molar-refractivity contribution in [2.45, 2.75) is 32.6 Å². The number of nitrogens with zero attached hydrogens (tertiary/aromatic N) is 2. The summed E-state index contributed by atoms with van der Waals surface area (Å²) in [7, 11) is 1.79. The minimum Gasteiger partial charge on any atom is -0.454 e. The second-order valence-electron chi connectivity index (χ2n) is 6.45. The van der Waals surface area contributed by atoms with E-state index in [0.717, 1.165) is 49.1 Å². The molecule has 148 valence electrons. The molecule has 1 aromatic heterocycles. The molecule has 0 saturated carbocycles. The number of hydrogen-bond acceptors (Lipinski definition) is 5. The van der Waals surface area contributed by atoms with Crippen LogP contribution in [0.3, 0.4) is 0 Å². The molecule has 8 heteroatoms.